The molecule has 1 saturated heterocycles. The lowest BCUT2D eigenvalue weighted by Crippen LogP contribution is -2.51. The molecule has 1 atom stereocenters. The zero-order valence-corrected chi connectivity index (χ0v) is 15.1. The number of benzene rings is 1. The average Bonchev–Trinajstić information content (AvgIpc) is 3.13. The number of fused-ring (bicyclic) bond motifs is 1. The first-order chi connectivity index (χ1) is 12.8. The minimum absolute atomic E-state index is 0.0743. The summed E-state index contributed by atoms with van der Waals surface area (Å²) in [6.07, 6.45) is 2.68. The molecule has 0 spiro atoms. The lowest BCUT2D eigenvalue weighted by molar-refractivity contribution is -0.139. The summed E-state index contributed by atoms with van der Waals surface area (Å²) in [4.78, 5) is 26.5. The Morgan fingerprint density at radius 2 is 1.96 bits per heavy atom. The van der Waals surface area contributed by atoms with Crippen LogP contribution in [0.25, 0.3) is 11.4 Å². The van der Waals surface area contributed by atoms with E-state index in [2.05, 4.69) is 16.8 Å². The van der Waals surface area contributed by atoms with E-state index in [0.29, 0.717) is 26.3 Å². The average molecular weight is 352 g/mol. The quantitative estimate of drug-likeness (QED) is 0.843. The third kappa shape index (κ3) is 3.34. The van der Waals surface area contributed by atoms with Crippen molar-refractivity contribution in [2.75, 3.05) is 26.3 Å². The first kappa shape index (κ1) is 17.1. The normalized spacial score (nSPS) is 18.6. The van der Waals surface area contributed by atoms with Gasteiger partial charge in [-0.15, -0.1) is 0 Å². The van der Waals surface area contributed by atoms with E-state index in [1.54, 1.807) is 0 Å². The Bertz CT molecular complexity index is 775. The Balaban J connectivity index is 1.50. The minimum atomic E-state index is -0.0743. The maximum absolute atomic E-state index is 13.1. The lowest BCUT2D eigenvalue weighted by atomic mass is 10.1. The number of morpholine rings is 1. The molecule has 1 aromatic carbocycles. The van der Waals surface area contributed by atoms with Gasteiger partial charge in [-0.25, -0.2) is 9.97 Å². The first-order valence-corrected chi connectivity index (χ1v) is 9.27. The predicted octanol–water partition coefficient (Wildman–Crippen LogP) is 2.10. The van der Waals surface area contributed by atoms with Gasteiger partial charge >= 0.3 is 0 Å². The van der Waals surface area contributed by atoms with Gasteiger partial charge in [-0.1, -0.05) is 37.3 Å². The zero-order chi connectivity index (χ0) is 17.9. The van der Waals surface area contributed by atoms with Crippen molar-refractivity contribution in [3.63, 3.8) is 0 Å². The molecule has 2 aliphatic heterocycles. The molecule has 136 valence electrons. The fourth-order valence-electron chi connectivity index (χ4n) is 3.72. The standard InChI is InChI=1S/C20H24N4O2/c1-2-18(23-8-10-26-11-9-23)20(25)24-13-16-12-21-19(22-17(16)14-24)15-6-4-3-5-7-15/h3-7,12,18H,2,8-11,13-14H2,1H3. The minimum Gasteiger partial charge on any atom is -0.379 e. The van der Waals surface area contributed by atoms with Crippen LogP contribution in [0.4, 0.5) is 0 Å². The summed E-state index contributed by atoms with van der Waals surface area (Å²) >= 11 is 0. The molecule has 3 heterocycles. The van der Waals surface area contributed by atoms with Crippen molar-refractivity contribution in [1.29, 1.82) is 0 Å². The number of rotatable bonds is 4. The lowest BCUT2D eigenvalue weighted by Gasteiger charge is -2.35. The van der Waals surface area contributed by atoms with E-state index in [-0.39, 0.29) is 11.9 Å². The number of nitrogens with zero attached hydrogens (tertiary/aromatic N) is 4. The van der Waals surface area contributed by atoms with Crippen LogP contribution in [0.3, 0.4) is 0 Å². The molecule has 6 nitrogen and oxygen atoms in total. The molecule has 26 heavy (non-hydrogen) atoms. The smallest absolute Gasteiger partial charge is 0.240 e. The Morgan fingerprint density at radius 1 is 1.19 bits per heavy atom. The van der Waals surface area contributed by atoms with E-state index in [1.807, 2.05) is 41.4 Å². The van der Waals surface area contributed by atoms with Crippen LogP contribution < -0.4 is 0 Å². The van der Waals surface area contributed by atoms with Crippen LogP contribution in [0.15, 0.2) is 36.5 Å². The van der Waals surface area contributed by atoms with Crippen molar-refractivity contribution in [1.82, 2.24) is 19.8 Å². The van der Waals surface area contributed by atoms with Crippen molar-refractivity contribution in [2.45, 2.75) is 32.5 Å². The highest BCUT2D eigenvalue weighted by Gasteiger charge is 2.33. The van der Waals surface area contributed by atoms with Crippen LogP contribution in [0, 0.1) is 0 Å². The number of carbonyl (C=O) groups excluding carboxylic acids is 1. The van der Waals surface area contributed by atoms with E-state index < -0.39 is 0 Å². The number of hydrogen-bond acceptors (Lipinski definition) is 5. The SMILES string of the molecule is CCC(C(=O)N1Cc2cnc(-c3ccccc3)nc2C1)N1CCOCC1. The summed E-state index contributed by atoms with van der Waals surface area (Å²) in [5.74, 6) is 0.910. The van der Waals surface area contributed by atoms with Gasteiger partial charge in [-0.3, -0.25) is 9.69 Å². The summed E-state index contributed by atoms with van der Waals surface area (Å²) in [5.41, 5.74) is 3.01. The van der Waals surface area contributed by atoms with E-state index in [0.717, 1.165) is 42.2 Å². The highest BCUT2D eigenvalue weighted by Crippen LogP contribution is 2.25. The van der Waals surface area contributed by atoms with Crippen molar-refractivity contribution in [3.05, 3.63) is 47.8 Å². The van der Waals surface area contributed by atoms with Crippen LogP contribution >= 0.6 is 0 Å². The highest BCUT2D eigenvalue weighted by atomic mass is 16.5. The van der Waals surface area contributed by atoms with Crippen LogP contribution in [0.1, 0.15) is 24.6 Å². The van der Waals surface area contributed by atoms with Crippen molar-refractivity contribution < 1.29 is 9.53 Å². The molecule has 6 heteroatoms. The van der Waals surface area contributed by atoms with E-state index in [1.165, 1.54) is 0 Å². The Hall–Kier alpha value is -2.31. The molecule has 2 aliphatic rings. The van der Waals surface area contributed by atoms with Crippen LogP contribution in [-0.4, -0.2) is 58.0 Å². The van der Waals surface area contributed by atoms with Gasteiger partial charge in [0.1, 0.15) is 0 Å². The third-order valence-corrected chi connectivity index (χ3v) is 5.16. The predicted molar refractivity (Wildman–Crippen MR) is 98.2 cm³/mol. The molecule has 0 bridgehead atoms. The second-order valence-corrected chi connectivity index (χ2v) is 6.80. The molecule has 0 N–H and O–H groups in total. The molecule has 4 rings (SSSR count). The van der Waals surface area contributed by atoms with Crippen molar-refractivity contribution >= 4 is 5.91 Å². The Labute approximate surface area is 153 Å². The zero-order valence-electron chi connectivity index (χ0n) is 15.1. The van der Waals surface area contributed by atoms with Crippen LogP contribution in [0.5, 0.6) is 0 Å². The van der Waals surface area contributed by atoms with Gasteiger partial charge in [-0.05, 0) is 6.42 Å². The molecule has 0 saturated carbocycles. The molecule has 1 fully saturated rings. The van der Waals surface area contributed by atoms with Gasteiger partial charge in [0, 0.05) is 37.0 Å². The highest BCUT2D eigenvalue weighted by molar-refractivity contribution is 5.82. The summed E-state index contributed by atoms with van der Waals surface area (Å²) in [7, 11) is 0. The Kier molecular flexibility index (Phi) is 4.95. The number of aromatic nitrogens is 2. The molecule has 0 radical (unpaired) electrons. The first-order valence-electron chi connectivity index (χ1n) is 9.27. The maximum atomic E-state index is 13.1. The third-order valence-electron chi connectivity index (χ3n) is 5.16. The van der Waals surface area contributed by atoms with Gasteiger partial charge < -0.3 is 9.64 Å². The number of carbonyl (C=O) groups is 1. The van der Waals surface area contributed by atoms with E-state index in [9.17, 15) is 4.79 Å². The molecular formula is C20H24N4O2. The fraction of sp³-hybridized carbons (Fsp3) is 0.450. The van der Waals surface area contributed by atoms with Gasteiger partial charge in [0.15, 0.2) is 5.82 Å². The van der Waals surface area contributed by atoms with Crippen LogP contribution in [-0.2, 0) is 22.6 Å². The topological polar surface area (TPSA) is 58.6 Å². The van der Waals surface area contributed by atoms with Gasteiger partial charge in [0.25, 0.3) is 0 Å². The number of ether oxygens (including phenoxy) is 1. The van der Waals surface area contributed by atoms with Crippen LogP contribution in [0.2, 0.25) is 0 Å². The molecule has 1 aromatic heterocycles. The van der Waals surface area contributed by atoms with Gasteiger partial charge in [-0.2, -0.15) is 0 Å². The molecule has 1 amide bonds. The second kappa shape index (κ2) is 7.51. The van der Waals surface area contributed by atoms with E-state index >= 15 is 0 Å². The Morgan fingerprint density at radius 3 is 2.69 bits per heavy atom. The molecule has 0 aliphatic carbocycles. The summed E-state index contributed by atoms with van der Waals surface area (Å²) in [6.45, 7) is 6.30. The van der Waals surface area contributed by atoms with Crippen molar-refractivity contribution in [3.8, 4) is 11.4 Å². The second-order valence-electron chi connectivity index (χ2n) is 6.80. The monoisotopic (exact) mass is 352 g/mol. The maximum Gasteiger partial charge on any atom is 0.240 e. The summed E-state index contributed by atoms with van der Waals surface area (Å²) < 4.78 is 5.42. The molecular weight excluding hydrogens is 328 g/mol. The number of amides is 1. The van der Waals surface area contributed by atoms with E-state index in [4.69, 9.17) is 9.72 Å². The number of hydrogen-bond donors (Lipinski definition) is 0. The van der Waals surface area contributed by atoms with Gasteiger partial charge in [0.2, 0.25) is 5.91 Å². The molecule has 1 unspecified atom stereocenters. The summed E-state index contributed by atoms with van der Waals surface area (Å²) in [5, 5.41) is 0. The molecule has 2 aromatic rings. The van der Waals surface area contributed by atoms with Crippen molar-refractivity contribution in [2.24, 2.45) is 0 Å². The van der Waals surface area contributed by atoms with Gasteiger partial charge in [0.05, 0.1) is 31.5 Å². The fourth-order valence-corrected chi connectivity index (χ4v) is 3.72. The summed E-state index contributed by atoms with van der Waals surface area (Å²) in [6, 6.07) is 9.88. The largest absolute Gasteiger partial charge is 0.379 e.